The van der Waals surface area contributed by atoms with Gasteiger partial charge in [0.1, 0.15) is 0 Å². The molecule has 1 aromatic rings. The summed E-state index contributed by atoms with van der Waals surface area (Å²) in [4.78, 5) is 2.59. The fourth-order valence-corrected chi connectivity index (χ4v) is 3.21. The summed E-state index contributed by atoms with van der Waals surface area (Å²) in [7, 11) is -3.27. The molecule has 1 aromatic carbocycles. The van der Waals surface area contributed by atoms with Crippen molar-refractivity contribution in [2.75, 3.05) is 43.5 Å². The maximum absolute atomic E-state index is 11.6. The van der Waals surface area contributed by atoms with E-state index in [2.05, 4.69) is 10.2 Å². The van der Waals surface area contributed by atoms with Crippen LogP contribution < -0.4 is 11.1 Å². The molecule has 1 saturated heterocycles. The zero-order valence-corrected chi connectivity index (χ0v) is 12.0. The minimum Gasteiger partial charge on any atom is -0.396 e. The molecule has 1 aliphatic rings. The maximum atomic E-state index is 11.6. The van der Waals surface area contributed by atoms with Gasteiger partial charge < -0.3 is 16.0 Å². The Morgan fingerprint density at radius 1 is 1.32 bits per heavy atom. The minimum atomic E-state index is -3.27. The Morgan fingerprint density at radius 3 is 2.63 bits per heavy atom. The van der Waals surface area contributed by atoms with Crippen LogP contribution in [0.5, 0.6) is 0 Å². The van der Waals surface area contributed by atoms with Gasteiger partial charge in [0.05, 0.1) is 16.3 Å². The Hall–Kier alpha value is -1.27. The summed E-state index contributed by atoms with van der Waals surface area (Å²) in [6.45, 7) is 4.04. The molecule has 0 spiro atoms. The molecule has 106 valence electrons. The molecule has 0 bridgehead atoms. The van der Waals surface area contributed by atoms with E-state index in [1.54, 1.807) is 6.07 Å². The normalized spacial score (nSPS) is 16.7. The van der Waals surface area contributed by atoms with Gasteiger partial charge in [-0.25, -0.2) is 8.42 Å². The predicted octanol–water partition coefficient (Wildman–Crippen LogP) is 1.18. The van der Waals surface area contributed by atoms with Crippen molar-refractivity contribution in [3.8, 4) is 0 Å². The molecule has 0 aliphatic carbocycles. The number of benzene rings is 1. The molecule has 1 fully saturated rings. The first kappa shape index (κ1) is 14.1. The Kier molecular flexibility index (Phi) is 4.31. The zero-order chi connectivity index (χ0) is 13.9. The third-order valence-electron chi connectivity index (χ3n) is 3.41. The largest absolute Gasteiger partial charge is 0.396 e. The van der Waals surface area contributed by atoms with Gasteiger partial charge in [0.15, 0.2) is 9.84 Å². The second-order valence-electron chi connectivity index (χ2n) is 4.97. The van der Waals surface area contributed by atoms with Crippen LogP contribution in [0.4, 0.5) is 11.4 Å². The number of nitrogens with one attached hydrogen (secondary N) is 1. The average Bonchev–Trinajstić information content (AvgIpc) is 2.83. The van der Waals surface area contributed by atoms with Crippen molar-refractivity contribution < 1.29 is 8.42 Å². The van der Waals surface area contributed by atoms with Gasteiger partial charge in [-0.15, -0.1) is 0 Å². The van der Waals surface area contributed by atoms with E-state index >= 15 is 0 Å². The van der Waals surface area contributed by atoms with Crippen molar-refractivity contribution in [1.29, 1.82) is 0 Å². The number of nitrogens with two attached hydrogens (primary N) is 1. The SMILES string of the molecule is CS(=O)(=O)c1cccc(NCCN2CCCC2)c1N. The van der Waals surface area contributed by atoms with E-state index in [0.29, 0.717) is 11.4 Å². The van der Waals surface area contributed by atoms with Crippen LogP contribution in [-0.2, 0) is 9.84 Å². The van der Waals surface area contributed by atoms with E-state index in [1.807, 2.05) is 6.07 Å². The molecule has 0 aromatic heterocycles. The van der Waals surface area contributed by atoms with Gasteiger partial charge in [-0.1, -0.05) is 6.07 Å². The Balaban J connectivity index is 2.00. The quantitative estimate of drug-likeness (QED) is 0.794. The first-order chi connectivity index (χ1) is 8.98. The highest BCUT2D eigenvalue weighted by atomic mass is 32.2. The fraction of sp³-hybridized carbons (Fsp3) is 0.538. The second-order valence-corrected chi connectivity index (χ2v) is 6.95. The number of hydrogen-bond donors (Lipinski definition) is 2. The number of nitrogens with zero attached hydrogens (tertiary/aromatic N) is 1. The van der Waals surface area contributed by atoms with Crippen LogP contribution in [0.2, 0.25) is 0 Å². The first-order valence-electron chi connectivity index (χ1n) is 6.53. The molecule has 0 unspecified atom stereocenters. The molecule has 0 radical (unpaired) electrons. The third kappa shape index (κ3) is 3.61. The van der Waals surface area contributed by atoms with Gasteiger partial charge in [-0.2, -0.15) is 0 Å². The monoisotopic (exact) mass is 283 g/mol. The van der Waals surface area contributed by atoms with Gasteiger partial charge in [0.2, 0.25) is 0 Å². The van der Waals surface area contributed by atoms with Crippen LogP contribution in [0, 0.1) is 0 Å². The lowest BCUT2D eigenvalue weighted by Gasteiger charge is -2.17. The Bertz CT molecular complexity index is 537. The second kappa shape index (κ2) is 5.79. The van der Waals surface area contributed by atoms with Crippen molar-refractivity contribution in [3.63, 3.8) is 0 Å². The number of nitrogen functional groups attached to an aromatic ring is 1. The van der Waals surface area contributed by atoms with E-state index in [0.717, 1.165) is 26.2 Å². The molecule has 1 aliphatic heterocycles. The molecular weight excluding hydrogens is 262 g/mol. The maximum Gasteiger partial charge on any atom is 0.177 e. The van der Waals surface area contributed by atoms with Crippen LogP contribution in [-0.4, -0.2) is 45.8 Å². The smallest absolute Gasteiger partial charge is 0.177 e. The molecule has 2 rings (SSSR count). The number of hydrogen-bond acceptors (Lipinski definition) is 5. The number of para-hydroxylation sites is 1. The highest BCUT2D eigenvalue weighted by Crippen LogP contribution is 2.26. The van der Waals surface area contributed by atoms with Gasteiger partial charge in [-0.05, 0) is 38.1 Å². The molecule has 1 heterocycles. The standard InChI is InChI=1S/C13H21N3O2S/c1-19(17,18)12-6-4-5-11(13(12)14)15-7-10-16-8-2-3-9-16/h4-6,15H,2-3,7-10,14H2,1H3. The molecule has 0 saturated carbocycles. The number of likely N-dealkylation sites (tertiary alicyclic amines) is 1. The van der Waals surface area contributed by atoms with Crippen LogP contribution in [0.15, 0.2) is 23.1 Å². The summed E-state index contributed by atoms with van der Waals surface area (Å²) >= 11 is 0. The lowest BCUT2D eigenvalue weighted by atomic mass is 10.2. The van der Waals surface area contributed by atoms with Gasteiger partial charge in [0.25, 0.3) is 0 Å². The first-order valence-corrected chi connectivity index (χ1v) is 8.42. The zero-order valence-electron chi connectivity index (χ0n) is 11.2. The topological polar surface area (TPSA) is 75.4 Å². The van der Waals surface area contributed by atoms with Crippen molar-refractivity contribution in [3.05, 3.63) is 18.2 Å². The van der Waals surface area contributed by atoms with Crippen molar-refractivity contribution in [2.24, 2.45) is 0 Å². The summed E-state index contributed by atoms with van der Waals surface area (Å²) in [5, 5.41) is 3.22. The average molecular weight is 283 g/mol. The Labute approximate surface area is 114 Å². The lowest BCUT2D eigenvalue weighted by molar-refractivity contribution is 0.353. The van der Waals surface area contributed by atoms with E-state index in [9.17, 15) is 8.42 Å². The molecule has 5 nitrogen and oxygen atoms in total. The summed E-state index contributed by atoms with van der Waals surface area (Å²) < 4.78 is 23.1. The van der Waals surface area contributed by atoms with Crippen LogP contribution >= 0.6 is 0 Å². The van der Waals surface area contributed by atoms with Crippen molar-refractivity contribution in [2.45, 2.75) is 17.7 Å². The van der Waals surface area contributed by atoms with Crippen LogP contribution in [0.1, 0.15) is 12.8 Å². The number of rotatable bonds is 5. The van der Waals surface area contributed by atoms with E-state index in [1.165, 1.54) is 25.2 Å². The summed E-state index contributed by atoms with van der Waals surface area (Å²) in [6.07, 6.45) is 3.71. The van der Waals surface area contributed by atoms with E-state index in [-0.39, 0.29) is 4.90 Å². The minimum absolute atomic E-state index is 0.193. The third-order valence-corrected chi connectivity index (χ3v) is 4.56. The van der Waals surface area contributed by atoms with E-state index in [4.69, 9.17) is 5.73 Å². The molecule has 0 atom stereocenters. The van der Waals surface area contributed by atoms with Gasteiger partial charge in [-0.3, -0.25) is 0 Å². The predicted molar refractivity (Wildman–Crippen MR) is 78.1 cm³/mol. The summed E-state index contributed by atoms with van der Waals surface area (Å²) in [6, 6.07) is 5.06. The lowest BCUT2D eigenvalue weighted by Crippen LogP contribution is -2.26. The molecule has 19 heavy (non-hydrogen) atoms. The number of anilines is 2. The van der Waals surface area contributed by atoms with Crippen LogP contribution in [0.25, 0.3) is 0 Å². The van der Waals surface area contributed by atoms with Crippen LogP contribution in [0.3, 0.4) is 0 Å². The summed E-state index contributed by atoms with van der Waals surface area (Å²) in [5.74, 6) is 0. The van der Waals surface area contributed by atoms with Crippen molar-refractivity contribution >= 4 is 21.2 Å². The van der Waals surface area contributed by atoms with Gasteiger partial charge >= 0.3 is 0 Å². The van der Waals surface area contributed by atoms with Gasteiger partial charge in [0, 0.05) is 19.3 Å². The fourth-order valence-electron chi connectivity index (χ4n) is 2.38. The molecule has 0 amide bonds. The number of sulfone groups is 1. The molecular formula is C13H21N3O2S. The highest BCUT2D eigenvalue weighted by molar-refractivity contribution is 7.90. The highest BCUT2D eigenvalue weighted by Gasteiger charge is 2.14. The molecule has 6 heteroatoms. The molecule has 3 N–H and O–H groups in total. The summed E-state index contributed by atoms with van der Waals surface area (Å²) in [5.41, 5.74) is 6.92. The Morgan fingerprint density at radius 2 is 2.00 bits per heavy atom. The van der Waals surface area contributed by atoms with Crippen molar-refractivity contribution in [1.82, 2.24) is 4.90 Å². The van der Waals surface area contributed by atoms with E-state index < -0.39 is 9.84 Å².